The highest BCUT2D eigenvalue weighted by atomic mass is 32.2. The smallest absolute Gasteiger partial charge is 0.258 e. The van der Waals surface area contributed by atoms with E-state index in [1.165, 1.54) is 0 Å². The lowest BCUT2D eigenvalue weighted by atomic mass is 10.2. The molecule has 1 N–H and O–H groups in total. The maximum atomic E-state index is 12.1. The number of amides is 1. The number of hydrogen-bond acceptors (Lipinski definition) is 4. The molecular weight excluding hydrogens is 262 g/mol. The fourth-order valence-corrected chi connectivity index (χ4v) is 2.56. The molecule has 1 heterocycles. The van der Waals surface area contributed by atoms with Crippen LogP contribution >= 0.6 is 11.8 Å². The van der Waals surface area contributed by atoms with E-state index in [2.05, 4.69) is 31.2 Å². The normalized spacial score (nSPS) is 11.5. The fourth-order valence-electron chi connectivity index (χ4n) is 1.74. The van der Waals surface area contributed by atoms with Gasteiger partial charge in [0.15, 0.2) is 0 Å². The predicted molar refractivity (Wildman–Crippen MR) is 79.0 cm³/mol. The summed E-state index contributed by atoms with van der Waals surface area (Å²) >= 11 is 1.82. The Kier molecular flexibility index (Phi) is 5.29. The van der Waals surface area contributed by atoms with Crippen molar-refractivity contribution in [2.45, 2.75) is 32.4 Å². The SMILES string of the molecule is COc1c(C(=O)NCCSC(C)(C)C)c(C)nn1C. The van der Waals surface area contributed by atoms with Crippen molar-refractivity contribution in [2.75, 3.05) is 19.4 Å². The van der Waals surface area contributed by atoms with Crippen LogP contribution in [-0.2, 0) is 7.05 Å². The predicted octanol–water partition coefficient (Wildman–Crippen LogP) is 2.00. The molecule has 1 aromatic rings. The van der Waals surface area contributed by atoms with E-state index in [4.69, 9.17) is 4.74 Å². The molecule has 1 aromatic heterocycles. The van der Waals surface area contributed by atoms with Crippen LogP contribution in [0.5, 0.6) is 5.88 Å². The number of aryl methyl sites for hydroxylation is 2. The Balaban J connectivity index is 2.59. The average molecular weight is 285 g/mol. The van der Waals surface area contributed by atoms with Gasteiger partial charge in [-0.25, -0.2) is 4.68 Å². The molecule has 0 aromatic carbocycles. The first-order chi connectivity index (χ1) is 8.76. The molecule has 0 radical (unpaired) electrons. The van der Waals surface area contributed by atoms with Crippen LogP contribution < -0.4 is 10.1 Å². The molecule has 0 aliphatic heterocycles. The Bertz CT molecular complexity index is 449. The largest absolute Gasteiger partial charge is 0.481 e. The van der Waals surface area contributed by atoms with Crippen LogP contribution in [0.4, 0.5) is 0 Å². The van der Waals surface area contributed by atoms with Crippen LogP contribution in [0, 0.1) is 6.92 Å². The van der Waals surface area contributed by atoms with Gasteiger partial charge in [0.05, 0.1) is 12.8 Å². The number of nitrogens with one attached hydrogen (secondary N) is 1. The second-order valence-electron chi connectivity index (χ2n) is 5.31. The maximum absolute atomic E-state index is 12.1. The summed E-state index contributed by atoms with van der Waals surface area (Å²) in [7, 11) is 3.31. The van der Waals surface area contributed by atoms with Crippen molar-refractivity contribution in [1.29, 1.82) is 0 Å². The first-order valence-electron chi connectivity index (χ1n) is 6.26. The molecule has 0 fully saturated rings. The van der Waals surface area contributed by atoms with E-state index in [9.17, 15) is 4.79 Å². The van der Waals surface area contributed by atoms with E-state index in [0.717, 1.165) is 5.75 Å². The van der Waals surface area contributed by atoms with Crippen LogP contribution in [0.15, 0.2) is 0 Å². The molecule has 5 nitrogen and oxygen atoms in total. The number of ether oxygens (including phenoxy) is 1. The molecule has 0 aliphatic rings. The lowest BCUT2D eigenvalue weighted by molar-refractivity contribution is 0.0952. The first-order valence-corrected chi connectivity index (χ1v) is 7.24. The van der Waals surface area contributed by atoms with Crippen LogP contribution in [0.1, 0.15) is 36.8 Å². The van der Waals surface area contributed by atoms with Gasteiger partial charge in [0.2, 0.25) is 5.88 Å². The Morgan fingerprint density at radius 1 is 1.47 bits per heavy atom. The third-order valence-corrected chi connectivity index (χ3v) is 3.79. The molecule has 0 aliphatic carbocycles. The van der Waals surface area contributed by atoms with Crippen molar-refractivity contribution in [3.8, 4) is 5.88 Å². The van der Waals surface area contributed by atoms with Crippen molar-refractivity contribution in [3.63, 3.8) is 0 Å². The highest BCUT2D eigenvalue weighted by Crippen LogP contribution is 2.23. The zero-order valence-electron chi connectivity index (χ0n) is 12.5. The quantitative estimate of drug-likeness (QED) is 0.841. The second-order valence-corrected chi connectivity index (χ2v) is 7.23. The fraction of sp³-hybridized carbons (Fsp3) is 0.692. The Morgan fingerprint density at radius 2 is 2.11 bits per heavy atom. The van der Waals surface area contributed by atoms with Crippen molar-refractivity contribution >= 4 is 17.7 Å². The van der Waals surface area contributed by atoms with Gasteiger partial charge >= 0.3 is 0 Å². The standard InChI is InChI=1S/C13H23N3O2S/c1-9-10(12(18-6)16(5)15-9)11(17)14-7-8-19-13(2,3)4/h7-8H2,1-6H3,(H,14,17). The van der Waals surface area contributed by atoms with Crippen LogP contribution in [0.2, 0.25) is 0 Å². The number of carbonyl (C=O) groups is 1. The van der Waals surface area contributed by atoms with Gasteiger partial charge in [-0.3, -0.25) is 4.79 Å². The summed E-state index contributed by atoms with van der Waals surface area (Å²) in [6, 6.07) is 0. The van der Waals surface area contributed by atoms with E-state index in [-0.39, 0.29) is 10.7 Å². The van der Waals surface area contributed by atoms with E-state index in [0.29, 0.717) is 23.7 Å². The minimum atomic E-state index is -0.128. The molecule has 6 heteroatoms. The van der Waals surface area contributed by atoms with Gasteiger partial charge in [-0.1, -0.05) is 20.8 Å². The third kappa shape index (κ3) is 4.45. The van der Waals surface area contributed by atoms with Crippen molar-refractivity contribution in [3.05, 3.63) is 11.3 Å². The number of thioether (sulfide) groups is 1. The molecule has 0 saturated heterocycles. The maximum Gasteiger partial charge on any atom is 0.258 e. The molecule has 1 rings (SSSR count). The van der Waals surface area contributed by atoms with Gasteiger partial charge in [-0.05, 0) is 6.92 Å². The molecule has 0 unspecified atom stereocenters. The molecule has 0 saturated carbocycles. The van der Waals surface area contributed by atoms with Gasteiger partial charge in [-0.2, -0.15) is 16.9 Å². The van der Waals surface area contributed by atoms with E-state index >= 15 is 0 Å². The van der Waals surface area contributed by atoms with Crippen molar-refractivity contribution < 1.29 is 9.53 Å². The van der Waals surface area contributed by atoms with Crippen LogP contribution in [-0.4, -0.2) is 39.8 Å². The zero-order valence-corrected chi connectivity index (χ0v) is 13.3. The molecule has 0 bridgehead atoms. The lowest BCUT2D eigenvalue weighted by Crippen LogP contribution is -2.27. The summed E-state index contributed by atoms with van der Waals surface area (Å²) in [5.74, 6) is 1.26. The van der Waals surface area contributed by atoms with Gasteiger partial charge in [-0.15, -0.1) is 0 Å². The van der Waals surface area contributed by atoms with Gasteiger partial charge in [0, 0.05) is 24.1 Å². The van der Waals surface area contributed by atoms with Crippen LogP contribution in [0.25, 0.3) is 0 Å². The van der Waals surface area contributed by atoms with Crippen molar-refractivity contribution in [2.24, 2.45) is 7.05 Å². The van der Waals surface area contributed by atoms with Crippen molar-refractivity contribution in [1.82, 2.24) is 15.1 Å². The minimum Gasteiger partial charge on any atom is -0.481 e. The number of hydrogen-bond donors (Lipinski definition) is 1. The number of rotatable bonds is 5. The Hall–Kier alpha value is -1.17. The van der Waals surface area contributed by atoms with Gasteiger partial charge in [0.25, 0.3) is 5.91 Å². The topological polar surface area (TPSA) is 56.1 Å². The molecule has 1 amide bonds. The molecule has 0 spiro atoms. The number of aromatic nitrogens is 2. The number of nitrogens with zero attached hydrogens (tertiary/aromatic N) is 2. The third-order valence-electron chi connectivity index (χ3n) is 2.51. The summed E-state index contributed by atoms with van der Waals surface area (Å²) in [5, 5.41) is 7.10. The Morgan fingerprint density at radius 3 is 2.63 bits per heavy atom. The molecule has 19 heavy (non-hydrogen) atoms. The summed E-state index contributed by atoms with van der Waals surface area (Å²) < 4.78 is 7.01. The van der Waals surface area contributed by atoms with E-state index in [1.807, 2.05) is 11.8 Å². The summed E-state index contributed by atoms with van der Waals surface area (Å²) in [6.07, 6.45) is 0. The second kappa shape index (κ2) is 6.32. The summed E-state index contributed by atoms with van der Waals surface area (Å²) in [4.78, 5) is 12.1. The van der Waals surface area contributed by atoms with Crippen LogP contribution in [0.3, 0.4) is 0 Å². The molecule has 0 atom stereocenters. The molecule has 108 valence electrons. The monoisotopic (exact) mass is 285 g/mol. The van der Waals surface area contributed by atoms with Gasteiger partial charge in [0.1, 0.15) is 5.56 Å². The highest BCUT2D eigenvalue weighted by molar-refractivity contribution is 8.00. The zero-order chi connectivity index (χ0) is 14.6. The Labute approximate surface area is 119 Å². The molecular formula is C13H23N3O2S. The summed E-state index contributed by atoms with van der Waals surface area (Å²) in [5.41, 5.74) is 1.20. The lowest BCUT2D eigenvalue weighted by Gasteiger charge is -2.17. The number of carbonyl (C=O) groups excluding carboxylic acids is 1. The number of methoxy groups -OCH3 is 1. The summed E-state index contributed by atoms with van der Waals surface area (Å²) in [6.45, 7) is 8.93. The van der Waals surface area contributed by atoms with Gasteiger partial charge < -0.3 is 10.1 Å². The first kappa shape index (κ1) is 15.9. The average Bonchev–Trinajstić information content (AvgIpc) is 2.57. The minimum absolute atomic E-state index is 0.128. The van der Waals surface area contributed by atoms with E-state index < -0.39 is 0 Å². The van der Waals surface area contributed by atoms with E-state index in [1.54, 1.807) is 25.8 Å². The highest BCUT2D eigenvalue weighted by Gasteiger charge is 2.20.